The Balaban J connectivity index is 1.93. The van der Waals surface area contributed by atoms with Crippen molar-refractivity contribution in [2.24, 2.45) is 16.5 Å². The maximum atomic E-state index is 13.0. The summed E-state index contributed by atoms with van der Waals surface area (Å²) in [7, 11) is 0. The molecule has 0 radical (unpaired) electrons. The van der Waals surface area contributed by atoms with Crippen molar-refractivity contribution < 1.29 is 9.63 Å². The number of amides is 1. The van der Waals surface area contributed by atoms with Gasteiger partial charge in [0.25, 0.3) is 5.91 Å². The number of hydrogen-bond donors (Lipinski definition) is 2. The van der Waals surface area contributed by atoms with Crippen molar-refractivity contribution in [1.29, 1.82) is 0 Å². The molecule has 2 aromatic rings. The van der Waals surface area contributed by atoms with E-state index in [1.165, 1.54) is 11.4 Å². The third-order valence-electron chi connectivity index (χ3n) is 4.18. The molecule has 1 aromatic carbocycles. The fraction of sp³-hybridized carbons (Fsp3) is 0.300. The number of carbonyl (C=O) groups is 1. The molecule has 0 saturated carbocycles. The Morgan fingerprint density at radius 2 is 2.04 bits per heavy atom. The van der Waals surface area contributed by atoms with Crippen LogP contribution in [0.4, 0.5) is 5.69 Å². The van der Waals surface area contributed by atoms with Crippen LogP contribution in [0, 0.1) is 0 Å². The average Bonchev–Trinajstić information content (AvgIpc) is 2.88. The van der Waals surface area contributed by atoms with Crippen LogP contribution >= 0.6 is 0 Å². The molecular formula is C20H24N6O2. The number of hydrogen-bond acceptors (Lipinski definition) is 7. The molecule has 0 aliphatic carbocycles. The SMILES string of the molecule is CCCN(OCCN)C(=O)C1=Cc2ccc(-c3cncnc3)cc2N=C(N)C1. The highest BCUT2D eigenvalue weighted by molar-refractivity contribution is 6.05. The van der Waals surface area contributed by atoms with Crippen molar-refractivity contribution in [3.63, 3.8) is 0 Å². The molecule has 0 saturated heterocycles. The average molecular weight is 380 g/mol. The minimum Gasteiger partial charge on any atom is -0.387 e. The van der Waals surface area contributed by atoms with Crippen molar-refractivity contribution in [3.05, 3.63) is 48.1 Å². The number of amidine groups is 1. The number of nitrogens with two attached hydrogens (primary N) is 2. The first-order chi connectivity index (χ1) is 13.6. The Hall–Kier alpha value is -3.10. The van der Waals surface area contributed by atoms with Gasteiger partial charge in [0.2, 0.25) is 0 Å². The highest BCUT2D eigenvalue weighted by Gasteiger charge is 2.22. The van der Waals surface area contributed by atoms with E-state index in [2.05, 4.69) is 15.0 Å². The van der Waals surface area contributed by atoms with Gasteiger partial charge in [0, 0.05) is 48.6 Å². The number of nitrogens with zero attached hydrogens (tertiary/aromatic N) is 4. The Kier molecular flexibility index (Phi) is 6.46. The Labute approximate surface area is 163 Å². The standard InChI is InChI=1S/C20H24N6O2/c1-2-6-26(28-7-5-21)20(27)16-8-15-4-3-14(17-11-23-13-24-12-17)9-18(15)25-19(22)10-16/h3-4,8-9,11-13H,2,5-7,10,21H2,1H3,(H2,22,25). The summed E-state index contributed by atoms with van der Waals surface area (Å²) in [5.74, 6) is 0.150. The fourth-order valence-electron chi connectivity index (χ4n) is 2.91. The van der Waals surface area contributed by atoms with Crippen LogP contribution in [0.1, 0.15) is 25.3 Å². The van der Waals surface area contributed by atoms with Gasteiger partial charge >= 0.3 is 0 Å². The monoisotopic (exact) mass is 380 g/mol. The van der Waals surface area contributed by atoms with Crippen molar-refractivity contribution in [1.82, 2.24) is 15.0 Å². The van der Waals surface area contributed by atoms with Crippen LogP contribution in [0.5, 0.6) is 0 Å². The van der Waals surface area contributed by atoms with Gasteiger partial charge in [-0.05, 0) is 24.1 Å². The first-order valence-corrected chi connectivity index (χ1v) is 9.20. The summed E-state index contributed by atoms with van der Waals surface area (Å²) in [6.07, 6.45) is 7.80. The Morgan fingerprint density at radius 1 is 1.25 bits per heavy atom. The predicted molar refractivity (Wildman–Crippen MR) is 108 cm³/mol. The van der Waals surface area contributed by atoms with Gasteiger partial charge in [0.15, 0.2) is 0 Å². The van der Waals surface area contributed by atoms with E-state index in [1.54, 1.807) is 12.4 Å². The van der Waals surface area contributed by atoms with Gasteiger partial charge in [-0.15, -0.1) is 0 Å². The van der Waals surface area contributed by atoms with E-state index in [0.29, 0.717) is 30.2 Å². The van der Waals surface area contributed by atoms with E-state index >= 15 is 0 Å². The molecule has 3 rings (SSSR count). The smallest absolute Gasteiger partial charge is 0.273 e. The van der Waals surface area contributed by atoms with Crippen molar-refractivity contribution in [2.75, 3.05) is 19.7 Å². The number of aliphatic imine (C=N–C) groups is 1. The van der Waals surface area contributed by atoms with E-state index < -0.39 is 0 Å². The lowest BCUT2D eigenvalue weighted by Crippen LogP contribution is -2.35. The minimum atomic E-state index is -0.221. The molecule has 1 aliphatic heterocycles. The van der Waals surface area contributed by atoms with Crippen LogP contribution in [-0.2, 0) is 9.63 Å². The summed E-state index contributed by atoms with van der Waals surface area (Å²) < 4.78 is 0. The lowest BCUT2D eigenvalue weighted by molar-refractivity contribution is -0.181. The minimum absolute atomic E-state index is 0.221. The fourth-order valence-corrected chi connectivity index (χ4v) is 2.91. The zero-order valence-corrected chi connectivity index (χ0v) is 15.8. The topological polar surface area (TPSA) is 120 Å². The lowest BCUT2D eigenvalue weighted by Gasteiger charge is -2.22. The largest absolute Gasteiger partial charge is 0.387 e. The highest BCUT2D eigenvalue weighted by Crippen LogP contribution is 2.31. The van der Waals surface area contributed by atoms with E-state index in [1.807, 2.05) is 31.2 Å². The zero-order chi connectivity index (χ0) is 19.9. The molecule has 0 bridgehead atoms. The van der Waals surface area contributed by atoms with Crippen LogP contribution in [-0.4, -0.2) is 46.5 Å². The first-order valence-electron chi connectivity index (χ1n) is 9.20. The van der Waals surface area contributed by atoms with Gasteiger partial charge < -0.3 is 11.5 Å². The quantitative estimate of drug-likeness (QED) is 0.710. The third-order valence-corrected chi connectivity index (χ3v) is 4.18. The molecule has 1 aromatic heterocycles. The van der Waals surface area contributed by atoms with E-state index in [0.717, 1.165) is 23.1 Å². The Morgan fingerprint density at radius 3 is 2.75 bits per heavy atom. The summed E-state index contributed by atoms with van der Waals surface area (Å²) in [4.78, 5) is 31.1. The van der Waals surface area contributed by atoms with Crippen LogP contribution in [0.25, 0.3) is 17.2 Å². The van der Waals surface area contributed by atoms with Gasteiger partial charge in [0.05, 0.1) is 12.3 Å². The van der Waals surface area contributed by atoms with Crippen molar-refractivity contribution in [2.45, 2.75) is 19.8 Å². The summed E-state index contributed by atoms with van der Waals surface area (Å²) in [5, 5.41) is 1.35. The number of aromatic nitrogens is 2. The lowest BCUT2D eigenvalue weighted by atomic mass is 10.0. The molecule has 0 spiro atoms. The molecule has 0 atom stereocenters. The molecule has 0 fully saturated rings. The predicted octanol–water partition coefficient (Wildman–Crippen LogP) is 2.05. The summed E-state index contributed by atoms with van der Waals surface area (Å²) >= 11 is 0. The molecule has 8 nitrogen and oxygen atoms in total. The Bertz CT molecular complexity index is 895. The van der Waals surface area contributed by atoms with Gasteiger partial charge in [0.1, 0.15) is 12.2 Å². The molecule has 28 heavy (non-hydrogen) atoms. The summed E-state index contributed by atoms with van der Waals surface area (Å²) in [5.41, 5.74) is 15.5. The number of rotatable bonds is 7. The molecule has 4 N–H and O–H groups in total. The number of carbonyl (C=O) groups excluding carboxylic acids is 1. The van der Waals surface area contributed by atoms with Gasteiger partial charge in [-0.25, -0.2) is 20.0 Å². The maximum absolute atomic E-state index is 13.0. The molecule has 0 unspecified atom stereocenters. The summed E-state index contributed by atoms with van der Waals surface area (Å²) in [6, 6.07) is 5.78. The van der Waals surface area contributed by atoms with Gasteiger partial charge in [-0.2, -0.15) is 0 Å². The molecule has 1 amide bonds. The summed E-state index contributed by atoms with van der Waals surface area (Å²) in [6.45, 7) is 3.08. The van der Waals surface area contributed by atoms with Crippen molar-refractivity contribution in [3.8, 4) is 11.1 Å². The normalized spacial score (nSPS) is 13.2. The van der Waals surface area contributed by atoms with Crippen LogP contribution < -0.4 is 11.5 Å². The van der Waals surface area contributed by atoms with Gasteiger partial charge in [-0.3, -0.25) is 9.63 Å². The first kappa shape index (κ1) is 19.7. The van der Waals surface area contributed by atoms with E-state index in [9.17, 15) is 4.79 Å². The third kappa shape index (κ3) is 4.59. The molecule has 146 valence electrons. The second kappa shape index (κ2) is 9.20. The highest BCUT2D eigenvalue weighted by atomic mass is 16.7. The maximum Gasteiger partial charge on any atom is 0.273 e. The second-order valence-electron chi connectivity index (χ2n) is 6.38. The van der Waals surface area contributed by atoms with Crippen LogP contribution in [0.2, 0.25) is 0 Å². The van der Waals surface area contributed by atoms with E-state index in [-0.39, 0.29) is 18.9 Å². The number of hydroxylamine groups is 2. The second-order valence-corrected chi connectivity index (χ2v) is 6.38. The number of fused-ring (bicyclic) bond motifs is 1. The molecule has 2 heterocycles. The van der Waals surface area contributed by atoms with Crippen molar-refractivity contribution >= 4 is 23.5 Å². The van der Waals surface area contributed by atoms with Crippen LogP contribution in [0.15, 0.2) is 47.5 Å². The van der Waals surface area contributed by atoms with E-state index in [4.69, 9.17) is 16.3 Å². The van der Waals surface area contributed by atoms with Crippen LogP contribution in [0.3, 0.4) is 0 Å². The molecule has 8 heteroatoms. The molecule has 1 aliphatic rings. The van der Waals surface area contributed by atoms with Gasteiger partial charge in [-0.1, -0.05) is 19.1 Å². The number of benzene rings is 1. The molecular weight excluding hydrogens is 356 g/mol. The zero-order valence-electron chi connectivity index (χ0n) is 15.8.